The van der Waals surface area contributed by atoms with Gasteiger partial charge in [0, 0.05) is 29.9 Å². The minimum atomic E-state index is -0.169. The number of fused-ring (bicyclic) bond motifs is 1. The number of aromatic nitrogens is 1. The second-order valence-electron chi connectivity index (χ2n) is 10.0. The van der Waals surface area contributed by atoms with Gasteiger partial charge < -0.3 is 10.0 Å². The molecule has 6 nitrogen and oxygen atoms in total. The first-order chi connectivity index (χ1) is 18.6. The van der Waals surface area contributed by atoms with Crippen molar-refractivity contribution in [2.45, 2.75) is 98.0 Å². The molecule has 1 N–H and O–H groups in total. The standard InChI is InChI=1S/C31H44N4O2S/c1-4-7-10-11-12-13-14-24-15-16-27-30(19-24)38-31(32-27)34-33-28-20-26(23-37)29(21-25(28)22-36)35(17-8-5-2)18-9-6-3/h15-16,19-21,23,36H,4-14,17-18,22H2,1-3H3/b34-33+. The maximum Gasteiger partial charge on any atom is 0.231 e. The Labute approximate surface area is 232 Å². The monoisotopic (exact) mass is 536 g/mol. The fourth-order valence-electron chi connectivity index (χ4n) is 4.64. The normalized spacial score (nSPS) is 11.6. The molecule has 0 radical (unpaired) electrons. The Morgan fingerprint density at radius 1 is 0.895 bits per heavy atom. The van der Waals surface area contributed by atoms with Crippen LogP contribution in [-0.2, 0) is 13.0 Å². The lowest BCUT2D eigenvalue weighted by Crippen LogP contribution is -2.26. The minimum Gasteiger partial charge on any atom is -0.392 e. The quantitative estimate of drug-likeness (QED) is 0.0998. The number of rotatable bonds is 18. The van der Waals surface area contributed by atoms with Gasteiger partial charge in [-0.2, -0.15) is 0 Å². The van der Waals surface area contributed by atoms with E-state index in [0.29, 0.717) is 21.9 Å². The van der Waals surface area contributed by atoms with E-state index < -0.39 is 0 Å². The molecule has 38 heavy (non-hydrogen) atoms. The van der Waals surface area contributed by atoms with Crippen molar-refractivity contribution in [3.8, 4) is 0 Å². The lowest BCUT2D eigenvalue weighted by molar-refractivity contribution is 0.112. The number of benzene rings is 2. The summed E-state index contributed by atoms with van der Waals surface area (Å²) in [5.41, 5.74) is 4.87. The third-order valence-corrected chi connectivity index (χ3v) is 7.84. The number of aryl methyl sites for hydroxylation is 1. The summed E-state index contributed by atoms with van der Waals surface area (Å²) >= 11 is 1.52. The fraction of sp³-hybridized carbons (Fsp3) is 0.548. The first-order valence-corrected chi connectivity index (χ1v) is 15.2. The van der Waals surface area contributed by atoms with Gasteiger partial charge in [-0.25, -0.2) is 4.98 Å². The molecule has 0 aliphatic carbocycles. The Morgan fingerprint density at radius 3 is 2.29 bits per heavy atom. The van der Waals surface area contributed by atoms with E-state index in [4.69, 9.17) is 0 Å². The SMILES string of the molecule is CCCCCCCCc1ccc2nc(/N=N/c3cc(C=O)c(N(CCCC)CCCC)cc3CO)sc2c1. The Hall–Kier alpha value is -2.64. The van der Waals surface area contributed by atoms with Gasteiger partial charge in [-0.3, -0.25) is 4.79 Å². The van der Waals surface area contributed by atoms with Gasteiger partial charge in [0.2, 0.25) is 5.13 Å². The van der Waals surface area contributed by atoms with Crippen LogP contribution >= 0.6 is 11.3 Å². The Bertz CT molecular complexity index is 1170. The van der Waals surface area contributed by atoms with Gasteiger partial charge in [0.15, 0.2) is 6.29 Å². The van der Waals surface area contributed by atoms with Gasteiger partial charge in [-0.05, 0) is 55.5 Å². The zero-order chi connectivity index (χ0) is 27.2. The number of hydrogen-bond acceptors (Lipinski definition) is 7. The van der Waals surface area contributed by atoms with Crippen molar-refractivity contribution in [2.24, 2.45) is 10.2 Å². The summed E-state index contributed by atoms with van der Waals surface area (Å²) in [6.07, 6.45) is 14.0. The number of aldehydes is 1. The topological polar surface area (TPSA) is 78.2 Å². The molecule has 0 atom stereocenters. The molecule has 1 aromatic heterocycles. The maximum absolute atomic E-state index is 12.0. The summed E-state index contributed by atoms with van der Waals surface area (Å²) in [7, 11) is 0. The van der Waals surface area contributed by atoms with Crippen molar-refractivity contribution >= 4 is 44.3 Å². The predicted molar refractivity (Wildman–Crippen MR) is 161 cm³/mol. The number of carbonyl (C=O) groups is 1. The number of thiazole rings is 1. The van der Waals surface area contributed by atoms with Crippen LogP contribution < -0.4 is 4.90 Å². The Morgan fingerprint density at radius 2 is 1.61 bits per heavy atom. The van der Waals surface area contributed by atoms with E-state index in [1.165, 1.54) is 55.4 Å². The zero-order valence-electron chi connectivity index (χ0n) is 23.4. The molecule has 206 valence electrons. The maximum atomic E-state index is 12.0. The van der Waals surface area contributed by atoms with Gasteiger partial charge in [0.05, 0.1) is 22.5 Å². The van der Waals surface area contributed by atoms with Crippen LogP contribution in [0, 0.1) is 0 Å². The highest BCUT2D eigenvalue weighted by Crippen LogP contribution is 2.34. The van der Waals surface area contributed by atoms with Crippen molar-refractivity contribution < 1.29 is 9.90 Å². The van der Waals surface area contributed by atoms with E-state index in [9.17, 15) is 9.90 Å². The number of azo groups is 1. The summed E-state index contributed by atoms with van der Waals surface area (Å²) in [6.45, 7) is 8.18. The molecule has 3 rings (SSSR count). The summed E-state index contributed by atoms with van der Waals surface area (Å²) in [4.78, 5) is 18.9. The average molecular weight is 537 g/mol. The van der Waals surface area contributed by atoms with Crippen LogP contribution in [0.25, 0.3) is 10.2 Å². The highest BCUT2D eigenvalue weighted by molar-refractivity contribution is 7.21. The molecule has 0 unspecified atom stereocenters. The van der Waals surface area contributed by atoms with E-state index in [1.807, 2.05) is 6.07 Å². The Balaban J connectivity index is 1.76. The van der Waals surface area contributed by atoms with E-state index in [2.05, 4.69) is 59.1 Å². The summed E-state index contributed by atoms with van der Waals surface area (Å²) < 4.78 is 1.11. The summed E-state index contributed by atoms with van der Waals surface area (Å²) in [5, 5.41) is 19.5. The zero-order valence-corrected chi connectivity index (χ0v) is 24.2. The second-order valence-corrected chi connectivity index (χ2v) is 11.0. The molecule has 0 amide bonds. The van der Waals surface area contributed by atoms with Gasteiger partial charge in [-0.15, -0.1) is 10.2 Å². The third-order valence-electron chi connectivity index (χ3n) is 6.93. The molecule has 2 aromatic carbocycles. The van der Waals surface area contributed by atoms with Crippen LogP contribution in [0.3, 0.4) is 0 Å². The lowest BCUT2D eigenvalue weighted by atomic mass is 10.0. The molecule has 0 aliphatic heterocycles. The van der Waals surface area contributed by atoms with E-state index in [1.54, 1.807) is 6.07 Å². The first-order valence-electron chi connectivity index (χ1n) is 14.4. The molecule has 0 fully saturated rings. The molecule has 7 heteroatoms. The molecule has 3 aromatic rings. The van der Waals surface area contributed by atoms with Crippen molar-refractivity contribution in [1.29, 1.82) is 0 Å². The van der Waals surface area contributed by atoms with Gasteiger partial charge in [-0.1, -0.05) is 83.1 Å². The molecule has 0 saturated heterocycles. The van der Waals surface area contributed by atoms with Crippen molar-refractivity contribution in [3.05, 3.63) is 47.0 Å². The largest absolute Gasteiger partial charge is 0.392 e. The van der Waals surface area contributed by atoms with E-state index in [-0.39, 0.29) is 6.61 Å². The second kappa shape index (κ2) is 16.4. The van der Waals surface area contributed by atoms with Crippen LogP contribution in [-0.4, -0.2) is 29.5 Å². The minimum absolute atomic E-state index is 0.169. The van der Waals surface area contributed by atoms with E-state index in [0.717, 1.165) is 67.4 Å². The van der Waals surface area contributed by atoms with Crippen molar-refractivity contribution in [1.82, 2.24) is 4.98 Å². The molecular formula is C31H44N4O2S. The van der Waals surface area contributed by atoms with Gasteiger partial charge >= 0.3 is 0 Å². The molecular weight excluding hydrogens is 492 g/mol. The number of carbonyl (C=O) groups excluding carboxylic acids is 1. The first kappa shape index (κ1) is 29.9. The Kier molecular flexibility index (Phi) is 12.9. The number of aliphatic hydroxyl groups excluding tert-OH is 1. The highest BCUT2D eigenvalue weighted by Gasteiger charge is 2.15. The third kappa shape index (κ3) is 8.70. The summed E-state index contributed by atoms with van der Waals surface area (Å²) in [6, 6.07) is 10.1. The molecule has 0 bridgehead atoms. The van der Waals surface area contributed by atoms with Crippen LogP contribution in [0.1, 0.15) is 106 Å². The molecule has 0 saturated carbocycles. The lowest BCUT2D eigenvalue weighted by Gasteiger charge is -2.27. The van der Waals surface area contributed by atoms with Crippen LogP contribution in [0.15, 0.2) is 40.6 Å². The number of hydrogen-bond donors (Lipinski definition) is 1. The molecule has 1 heterocycles. The van der Waals surface area contributed by atoms with Crippen molar-refractivity contribution in [2.75, 3.05) is 18.0 Å². The number of nitrogens with zero attached hydrogens (tertiary/aromatic N) is 4. The highest BCUT2D eigenvalue weighted by atomic mass is 32.1. The number of unbranched alkanes of at least 4 members (excludes halogenated alkanes) is 7. The van der Waals surface area contributed by atoms with Gasteiger partial charge in [0.1, 0.15) is 0 Å². The average Bonchev–Trinajstić information content (AvgIpc) is 3.35. The van der Waals surface area contributed by atoms with Crippen LogP contribution in [0.5, 0.6) is 0 Å². The molecule has 0 aliphatic rings. The molecule has 0 spiro atoms. The van der Waals surface area contributed by atoms with Crippen molar-refractivity contribution in [3.63, 3.8) is 0 Å². The number of anilines is 1. The predicted octanol–water partition coefficient (Wildman–Crippen LogP) is 9.33. The van der Waals surface area contributed by atoms with E-state index >= 15 is 0 Å². The van der Waals surface area contributed by atoms with Crippen LogP contribution in [0.4, 0.5) is 16.5 Å². The van der Waals surface area contributed by atoms with Gasteiger partial charge in [0.25, 0.3) is 0 Å². The smallest absolute Gasteiger partial charge is 0.231 e. The fourth-order valence-corrected chi connectivity index (χ4v) is 5.49. The summed E-state index contributed by atoms with van der Waals surface area (Å²) in [5.74, 6) is 0. The number of aliphatic hydroxyl groups is 1. The van der Waals surface area contributed by atoms with Crippen LogP contribution in [0.2, 0.25) is 0 Å².